The monoisotopic (exact) mass is 838 g/mol. The number of benzene rings is 3. The van der Waals surface area contributed by atoms with Gasteiger partial charge in [-0.2, -0.15) is 0 Å². The fourth-order valence-corrected chi connectivity index (χ4v) is 8.51. The number of methoxy groups -OCH3 is 4. The molecule has 0 radical (unpaired) electrons. The number of amides is 3. The van der Waals surface area contributed by atoms with E-state index in [-0.39, 0.29) is 24.2 Å². The minimum atomic E-state index is -0.959. The normalized spacial score (nSPS) is 18.6. The molecule has 2 aliphatic heterocycles. The smallest absolute Gasteiger partial charge is 0.407 e. The van der Waals surface area contributed by atoms with E-state index in [9.17, 15) is 14.4 Å². The van der Waals surface area contributed by atoms with Gasteiger partial charge in [0.1, 0.15) is 30.0 Å². The van der Waals surface area contributed by atoms with Crippen LogP contribution in [0.3, 0.4) is 0 Å². The maximum absolute atomic E-state index is 13.5. The molecule has 0 saturated carbocycles. The molecule has 1 fully saturated rings. The van der Waals surface area contributed by atoms with E-state index >= 15 is 0 Å². The van der Waals surface area contributed by atoms with E-state index in [1.807, 2.05) is 6.92 Å². The van der Waals surface area contributed by atoms with Crippen molar-refractivity contribution in [2.75, 3.05) is 35.0 Å². The number of H-pyrrole nitrogens is 2. The zero-order valence-electron chi connectivity index (χ0n) is 36.2. The lowest BCUT2D eigenvalue weighted by Gasteiger charge is -2.33. The van der Waals surface area contributed by atoms with Crippen LogP contribution in [-0.4, -0.2) is 108 Å². The molecule has 16 heteroatoms. The number of aromatic amines is 2. The molecule has 7 unspecified atom stereocenters. The van der Waals surface area contributed by atoms with Crippen LogP contribution in [-0.2, 0) is 30.3 Å². The molecule has 2 aromatic heterocycles. The van der Waals surface area contributed by atoms with Crippen molar-refractivity contribution < 1.29 is 38.1 Å². The Morgan fingerprint density at radius 2 is 1.69 bits per heavy atom. The summed E-state index contributed by atoms with van der Waals surface area (Å²) in [6.45, 7) is 8.94. The Kier molecular flexibility index (Phi) is 13.4. The Bertz CT molecular complexity index is 2360. The number of hydrogen-bond acceptors (Lipinski definition) is 11. The molecule has 0 bridgehead atoms. The summed E-state index contributed by atoms with van der Waals surface area (Å²) in [5.41, 5.74) is 6.74. The highest BCUT2D eigenvalue weighted by Crippen LogP contribution is 2.43. The van der Waals surface area contributed by atoms with Gasteiger partial charge in [-0.1, -0.05) is 38.0 Å². The van der Waals surface area contributed by atoms with Crippen LogP contribution in [0.25, 0.3) is 44.2 Å². The van der Waals surface area contributed by atoms with Crippen molar-refractivity contribution in [2.45, 2.75) is 109 Å². The predicted octanol–water partition coefficient (Wildman–Crippen LogP) is 7.06. The van der Waals surface area contributed by atoms with E-state index in [0.717, 1.165) is 87.0 Å². The van der Waals surface area contributed by atoms with Crippen molar-refractivity contribution in [3.8, 4) is 28.1 Å². The van der Waals surface area contributed by atoms with Gasteiger partial charge in [0.25, 0.3) is 0 Å². The average molecular weight is 839 g/mol. The first-order valence-corrected chi connectivity index (χ1v) is 21.0. The SMILES string of the molecule is CCCCC(NC(=O)C(NC(=O)OC)C(C)OC)c1ncc(-c2ccc3c(c2)COc2cc4c(ccc5[nH]c(C6CCC(C)N6CC(NC(=O)OC)C(C)OC)nc54)cc2-3)[nH]1. The first-order chi connectivity index (χ1) is 29.5. The fourth-order valence-electron chi connectivity index (χ4n) is 8.51. The highest BCUT2D eigenvalue weighted by Gasteiger charge is 2.37. The van der Waals surface area contributed by atoms with E-state index in [4.69, 9.17) is 33.7 Å². The summed E-state index contributed by atoms with van der Waals surface area (Å²) in [6.07, 6.45) is 4.15. The molecular weight excluding hydrogens is 781 g/mol. The molecular formula is C45H58N8O8. The lowest BCUT2D eigenvalue weighted by atomic mass is 9.92. The van der Waals surface area contributed by atoms with Crippen LogP contribution in [0.5, 0.6) is 5.75 Å². The highest BCUT2D eigenvalue weighted by atomic mass is 16.5. The summed E-state index contributed by atoms with van der Waals surface area (Å²) in [5.74, 6) is 1.92. The van der Waals surface area contributed by atoms with Gasteiger partial charge in [-0.25, -0.2) is 19.6 Å². The third kappa shape index (κ3) is 9.16. The van der Waals surface area contributed by atoms with Gasteiger partial charge in [0, 0.05) is 37.8 Å². The minimum absolute atomic E-state index is 0.0396. The summed E-state index contributed by atoms with van der Waals surface area (Å²) < 4.78 is 27.1. The zero-order valence-corrected chi connectivity index (χ0v) is 36.2. The molecule has 3 aromatic carbocycles. The number of nitrogens with zero attached hydrogens (tertiary/aromatic N) is 3. The molecule has 1 saturated heterocycles. The van der Waals surface area contributed by atoms with Crippen LogP contribution < -0.4 is 20.7 Å². The van der Waals surface area contributed by atoms with Crippen molar-refractivity contribution in [1.82, 2.24) is 40.8 Å². The van der Waals surface area contributed by atoms with E-state index in [1.54, 1.807) is 20.2 Å². The Labute approximate surface area is 355 Å². The molecule has 61 heavy (non-hydrogen) atoms. The first-order valence-electron chi connectivity index (χ1n) is 21.0. The molecule has 326 valence electrons. The Hall–Kier alpha value is -5.71. The fraction of sp³-hybridized carbons (Fsp3) is 0.489. The second kappa shape index (κ2) is 18.9. The third-order valence-electron chi connectivity index (χ3n) is 12.3. The van der Waals surface area contributed by atoms with E-state index in [0.29, 0.717) is 25.4 Å². The summed E-state index contributed by atoms with van der Waals surface area (Å²) in [7, 11) is 5.75. The number of ether oxygens (including phenoxy) is 5. The van der Waals surface area contributed by atoms with Crippen LogP contribution in [0.15, 0.2) is 48.7 Å². The van der Waals surface area contributed by atoms with E-state index in [2.05, 4.69) is 87.1 Å². The van der Waals surface area contributed by atoms with Crippen LogP contribution in [0.1, 0.15) is 89.1 Å². The molecule has 5 aromatic rings. The molecule has 16 nitrogen and oxygen atoms in total. The molecule has 0 aliphatic carbocycles. The topological polar surface area (TPSA) is 194 Å². The van der Waals surface area contributed by atoms with Crippen LogP contribution in [0, 0.1) is 0 Å². The minimum Gasteiger partial charge on any atom is -0.488 e. The second-order valence-corrected chi connectivity index (χ2v) is 16.1. The van der Waals surface area contributed by atoms with Gasteiger partial charge < -0.3 is 49.6 Å². The molecule has 4 heterocycles. The number of unbranched alkanes of at least 4 members (excludes halogenated alkanes) is 1. The van der Waals surface area contributed by atoms with Crippen molar-refractivity contribution in [2.24, 2.45) is 0 Å². The Balaban J connectivity index is 1.12. The van der Waals surface area contributed by atoms with Gasteiger partial charge in [-0.05, 0) is 86.4 Å². The predicted molar refractivity (Wildman–Crippen MR) is 231 cm³/mol. The number of carbonyl (C=O) groups is 3. The summed E-state index contributed by atoms with van der Waals surface area (Å²) >= 11 is 0. The van der Waals surface area contributed by atoms with Crippen LogP contribution in [0.4, 0.5) is 9.59 Å². The second-order valence-electron chi connectivity index (χ2n) is 16.1. The molecule has 7 rings (SSSR count). The highest BCUT2D eigenvalue weighted by molar-refractivity contribution is 6.07. The van der Waals surface area contributed by atoms with Crippen molar-refractivity contribution >= 4 is 39.9 Å². The number of carbonyl (C=O) groups excluding carboxylic acids is 3. The van der Waals surface area contributed by atoms with Crippen molar-refractivity contribution in [3.63, 3.8) is 0 Å². The Morgan fingerprint density at radius 1 is 0.918 bits per heavy atom. The standard InChI is InChI=1S/C45H58N8O8/c1-9-10-11-34(49-43(54)39(26(4)58-6)52-45(56)60-8)41-46-21-35(48-41)28-13-15-30-29(18-28)23-61-38-20-31-27(19-32(30)38)14-16-33-40(31)51-42(47-33)37-17-12-24(2)53(37)22-36(25(3)57-5)50-44(55)59-7/h13-16,18-21,24-26,34,36-37,39H,9-12,17,22-23H2,1-8H3,(H,46,48)(H,47,51)(H,49,54)(H,50,55)(H,52,56). The van der Waals surface area contributed by atoms with Gasteiger partial charge in [0.05, 0.1) is 67.5 Å². The number of likely N-dealkylation sites (tertiary alicyclic amines) is 1. The molecule has 2 aliphatic rings. The summed E-state index contributed by atoms with van der Waals surface area (Å²) in [6, 6.07) is 13.5. The Morgan fingerprint density at radius 3 is 2.43 bits per heavy atom. The molecule has 5 N–H and O–H groups in total. The van der Waals surface area contributed by atoms with Gasteiger partial charge >= 0.3 is 12.2 Å². The third-order valence-corrected chi connectivity index (χ3v) is 12.3. The van der Waals surface area contributed by atoms with Crippen molar-refractivity contribution in [1.29, 1.82) is 0 Å². The lowest BCUT2D eigenvalue weighted by molar-refractivity contribution is -0.127. The van der Waals surface area contributed by atoms with Gasteiger partial charge in [-0.15, -0.1) is 0 Å². The van der Waals surface area contributed by atoms with Crippen molar-refractivity contribution in [3.05, 3.63) is 65.9 Å². The largest absolute Gasteiger partial charge is 0.488 e. The number of nitrogens with one attached hydrogen (secondary N) is 5. The van der Waals surface area contributed by atoms with Gasteiger partial charge in [0.15, 0.2) is 0 Å². The summed E-state index contributed by atoms with van der Waals surface area (Å²) in [5, 5.41) is 10.7. The van der Waals surface area contributed by atoms with Gasteiger partial charge in [-0.3, -0.25) is 9.69 Å². The number of imidazole rings is 2. The van der Waals surface area contributed by atoms with Crippen LogP contribution in [0.2, 0.25) is 0 Å². The average Bonchev–Trinajstić information content (AvgIpc) is 4.04. The zero-order chi connectivity index (χ0) is 43.4. The maximum Gasteiger partial charge on any atom is 0.407 e. The molecule has 7 atom stereocenters. The van der Waals surface area contributed by atoms with E-state index < -0.39 is 36.3 Å². The van der Waals surface area contributed by atoms with E-state index in [1.165, 1.54) is 21.3 Å². The quantitative estimate of drug-likeness (QED) is 0.0683. The summed E-state index contributed by atoms with van der Waals surface area (Å²) in [4.78, 5) is 57.1. The number of hydrogen-bond donors (Lipinski definition) is 5. The maximum atomic E-state index is 13.5. The molecule has 0 spiro atoms. The number of alkyl carbamates (subject to hydrolysis) is 2. The number of rotatable bonds is 16. The van der Waals surface area contributed by atoms with Crippen LogP contribution >= 0.6 is 0 Å². The number of aromatic nitrogens is 4. The first kappa shape index (κ1) is 43.4. The van der Waals surface area contributed by atoms with Gasteiger partial charge in [0.2, 0.25) is 5.91 Å². The lowest BCUT2D eigenvalue weighted by Crippen LogP contribution is -2.53. The molecule has 3 amide bonds. The number of fused-ring (bicyclic) bond motifs is 6.